The number of nitrogens with one attached hydrogen (secondary N) is 1. The summed E-state index contributed by atoms with van der Waals surface area (Å²) >= 11 is 1.66. The van der Waals surface area contributed by atoms with Crippen LogP contribution in [0.3, 0.4) is 0 Å². The number of nitrogens with zero attached hydrogens (tertiary/aromatic N) is 3. The number of carbonyl (C=O) groups is 1. The zero-order chi connectivity index (χ0) is 25.9. The van der Waals surface area contributed by atoms with Crippen molar-refractivity contribution in [3.05, 3.63) is 82.2 Å². The molecule has 5 rings (SSSR count). The second kappa shape index (κ2) is 10.7. The largest absolute Gasteiger partial charge is 0.495 e. The lowest BCUT2D eigenvalue weighted by Crippen LogP contribution is -2.44. The number of anilines is 2. The van der Waals surface area contributed by atoms with Gasteiger partial charge in [0.05, 0.1) is 23.5 Å². The normalized spacial score (nSPS) is 14.0. The Hall–Kier alpha value is -3.68. The highest BCUT2D eigenvalue weighted by Gasteiger charge is 2.19. The molecule has 0 aliphatic carbocycles. The molecule has 3 aromatic carbocycles. The summed E-state index contributed by atoms with van der Waals surface area (Å²) in [5.74, 6) is 0.685. The van der Waals surface area contributed by atoms with Crippen molar-refractivity contribution < 1.29 is 9.53 Å². The van der Waals surface area contributed by atoms with Gasteiger partial charge in [-0.2, -0.15) is 0 Å². The minimum Gasteiger partial charge on any atom is -0.495 e. The summed E-state index contributed by atoms with van der Waals surface area (Å²) in [6.45, 7) is 7.98. The SMILES string of the molecule is COc1ccc(NC(=O)c2ccc(-c3ccc(-c4csc(C)n4)cc3C)cc2)cc1N1CCN(C)CC1. The molecule has 1 N–H and O–H groups in total. The van der Waals surface area contributed by atoms with Gasteiger partial charge in [0.1, 0.15) is 5.75 Å². The summed E-state index contributed by atoms with van der Waals surface area (Å²) in [6, 6.07) is 20.0. The number of likely N-dealkylation sites (N-methyl/N-ethyl adjacent to an activating group) is 1. The molecule has 2 heterocycles. The van der Waals surface area contributed by atoms with Gasteiger partial charge >= 0.3 is 0 Å². The standard InChI is InChI=1S/C30H32N4O2S/c1-20-17-24(27-19-37-21(2)31-27)9-11-26(20)22-5-7-23(8-6-22)30(35)32-25-10-12-29(36-4)28(18-25)34-15-13-33(3)14-16-34/h5-12,17-19H,13-16H2,1-4H3,(H,32,35). The van der Waals surface area contributed by atoms with E-state index in [9.17, 15) is 4.79 Å². The van der Waals surface area contributed by atoms with Crippen LogP contribution < -0.4 is 15.0 Å². The maximum absolute atomic E-state index is 13.0. The van der Waals surface area contributed by atoms with Crippen LogP contribution in [0.5, 0.6) is 5.75 Å². The van der Waals surface area contributed by atoms with Crippen molar-refractivity contribution in [3.63, 3.8) is 0 Å². The van der Waals surface area contributed by atoms with Crippen LogP contribution in [0.2, 0.25) is 0 Å². The fourth-order valence-electron chi connectivity index (χ4n) is 4.71. The topological polar surface area (TPSA) is 57.7 Å². The molecule has 1 amide bonds. The molecule has 0 saturated carbocycles. The lowest BCUT2D eigenvalue weighted by Gasteiger charge is -2.34. The maximum Gasteiger partial charge on any atom is 0.255 e. The first kappa shape index (κ1) is 25.0. The third-order valence-corrected chi connectivity index (χ3v) is 7.65. The van der Waals surface area contributed by atoms with Gasteiger partial charge in [0, 0.05) is 48.4 Å². The van der Waals surface area contributed by atoms with E-state index in [4.69, 9.17) is 4.74 Å². The van der Waals surface area contributed by atoms with Crippen LogP contribution in [-0.4, -0.2) is 56.1 Å². The van der Waals surface area contributed by atoms with Gasteiger partial charge in [0.15, 0.2) is 0 Å². The smallest absolute Gasteiger partial charge is 0.255 e. The average molecular weight is 513 g/mol. The van der Waals surface area contributed by atoms with Gasteiger partial charge in [-0.25, -0.2) is 4.98 Å². The van der Waals surface area contributed by atoms with E-state index in [-0.39, 0.29) is 5.91 Å². The molecule has 4 aromatic rings. The van der Waals surface area contributed by atoms with Crippen molar-refractivity contribution in [1.29, 1.82) is 0 Å². The van der Waals surface area contributed by atoms with Gasteiger partial charge in [-0.1, -0.05) is 24.3 Å². The van der Waals surface area contributed by atoms with Crippen LogP contribution >= 0.6 is 11.3 Å². The Kier molecular flexibility index (Phi) is 7.26. The van der Waals surface area contributed by atoms with E-state index in [1.54, 1.807) is 18.4 Å². The summed E-state index contributed by atoms with van der Waals surface area (Å²) < 4.78 is 5.60. The minimum atomic E-state index is -0.132. The van der Waals surface area contributed by atoms with E-state index >= 15 is 0 Å². The number of amides is 1. The monoisotopic (exact) mass is 512 g/mol. The molecular formula is C30H32N4O2S. The van der Waals surface area contributed by atoms with E-state index in [0.717, 1.165) is 70.7 Å². The Balaban J connectivity index is 1.30. The molecule has 1 aromatic heterocycles. The second-order valence-corrected chi connectivity index (χ2v) is 10.6. The first-order valence-electron chi connectivity index (χ1n) is 12.5. The second-order valence-electron chi connectivity index (χ2n) is 9.49. The Labute approximate surface area is 222 Å². The molecule has 1 aliphatic heterocycles. The van der Waals surface area contributed by atoms with Crippen LogP contribution in [0.15, 0.2) is 66.0 Å². The molecule has 1 saturated heterocycles. The summed E-state index contributed by atoms with van der Waals surface area (Å²) in [7, 11) is 3.82. The van der Waals surface area contributed by atoms with Gasteiger partial charge in [0.25, 0.3) is 5.91 Å². The zero-order valence-electron chi connectivity index (χ0n) is 21.7. The lowest BCUT2D eigenvalue weighted by molar-refractivity contribution is 0.102. The van der Waals surface area contributed by atoms with E-state index in [2.05, 4.69) is 57.7 Å². The van der Waals surface area contributed by atoms with E-state index in [0.29, 0.717) is 5.56 Å². The molecule has 6 nitrogen and oxygen atoms in total. The molecular weight excluding hydrogens is 480 g/mol. The number of benzene rings is 3. The Morgan fingerprint density at radius 2 is 1.68 bits per heavy atom. The van der Waals surface area contributed by atoms with Crippen molar-refractivity contribution in [2.45, 2.75) is 13.8 Å². The maximum atomic E-state index is 13.0. The third kappa shape index (κ3) is 5.53. The van der Waals surface area contributed by atoms with Gasteiger partial charge in [0.2, 0.25) is 0 Å². The Bertz CT molecular complexity index is 1410. The van der Waals surface area contributed by atoms with Crippen LogP contribution in [-0.2, 0) is 0 Å². The average Bonchev–Trinajstić information content (AvgIpc) is 3.35. The zero-order valence-corrected chi connectivity index (χ0v) is 22.6. The summed E-state index contributed by atoms with van der Waals surface area (Å²) in [4.78, 5) is 22.3. The van der Waals surface area contributed by atoms with Crippen LogP contribution in [0.1, 0.15) is 20.9 Å². The predicted octanol–water partition coefficient (Wildman–Crippen LogP) is 6.11. The van der Waals surface area contributed by atoms with Crippen molar-refractivity contribution in [2.75, 3.05) is 50.6 Å². The predicted molar refractivity (Wildman–Crippen MR) is 153 cm³/mol. The molecule has 1 fully saturated rings. The van der Waals surface area contributed by atoms with Gasteiger partial charge in [-0.05, 0) is 74.0 Å². The number of methoxy groups -OCH3 is 1. The van der Waals surface area contributed by atoms with Crippen molar-refractivity contribution >= 4 is 28.6 Å². The first-order chi connectivity index (χ1) is 17.9. The molecule has 0 unspecified atom stereocenters. The number of ether oxygens (including phenoxy) is 1. The molecule has 0 atom stereocenters. The molecule has 37 heavy (non-hydrogen) atoms. The first-order valence-corrected chi connectivity index (χ1v) is 13.4. The third-order valence-electron chi connectivity index (χ3n) is 6.88. The van der Waals surface area contributed by atoms with Crippen molar-refractivity contribution in [1.82, 2.24) is 9.88 Å². The molecule has 7 heteroatoms. The Morgan fingerprint density at radius 1 is 0.946 bits per heavy atom. The highest BCUT2D eigenvalue weighted by molar-refractivity contribution is 7.09. The van der Waals surface area contributed by atoms with Gasteiger partial charge < -0.3 is 19.9 Å². The number of aromatic nitrogens is 1. The number of thiazole rings is 1. The number of rotatable bonds is 6. The summed E-state index contributed by atoms with van der Waals surface area (Å²) in [5, 5.41) is 6.22. The molecule has 190 valence electrons. The van der Waals surface area contributed by atoms with Crippen LogP contribution in [0.4, 0.5) is 11.4 Å². The van der Waals surface area contributed by atoms with E-state index in [1.807, 2.05) is 49.4 Å². The molecule has 0 spiro atoms. The lowest BCUT2D eigenvalue weighted by atomic mass is 9.97. The van der Waals surface area contributed by atoms with E-state index in [1.165, 1.54) is 5.56 Å². The number of carbonyl (C=O) groups excluding carboxylic acids is 1. The summed E-state index contributed by atoms with van der Waals surface area (Å²) in [5.41, 5.74) is 7.92. The number of aryl methyl sites for hydroxylation is 2. The highest BCUT2D eigenvalue weighted by atomic mass is 32.1. The minimum absolute atomic E-state index is 0.132. The highest BCUT2D eigenvalue weighted by Crippen LogP contribution is 2.33. The Morgan fingerprint density at radius 3 is 2.32 bits per heavy atom. The number of piperazine rings is 1. The van der Waals surface area contributed by atoms with E-state index < -0.39 is 0 Å². The molecule has 0 radical (unpaired) electrons. The van der Waals surface area contributed by atoms with Crippen LogP contribution in [0.25, 0.3) is 22.4 Å². The fraction of sp³-hybridized carbons (Fsp3) is 0.267. The number of hydrogen-bond donors (Lipinski definition) is 1. The molecule has 1 aliphatic rings. The molecule has 0 bridgehead atoms. The van der Waals surface area contributed by atoms with Crippen molar-refractivity contribution in [2.24, 2.45) is 0 Å². The fourth-order valence-corrected chi connectivity index (χ4v) is 5.33. The van der Waals surface area contributed by atoms with Gasteiger partial charge in [-0.3, -0.25) is 4.79 Å². The van der Waals surface area contributed by atoms with Crippen LogP contribution in [0, 0.1) is 13.8 Å². The summed E-state index contributed by atoms with van der Waals surface area (Å²) in [6.07, 6.45) is 0. The van der Waals surface area contributed by atoms with Gasteiger partial charge in [-0.15, -0.1) is 11.3 Å². The van der Waals surface area contributed by atoms with Crippen molar-refractivity contribution in [3.8, 4) is 28.1 Å². The number of hydrogen-bond acceptors (Lipinski definition) is 6. The quantitative estimate of drug-likeness (QED) is 0.338.